The number of aromatic hydroxyl groups is 2. The minimum atomic E-state index is -1.09. The van der Waals surface area contributed by atoms with Gasteiger partial charge in [0.2, 0.25) is 0 Å². The number of hydrogen-bond donors (Lipinski definition) is 4. The van der Waals surface area contributed by atoms with Gasteiger partial charge >= 0.3 is 5.97 Å². The summed E-state index contributed by atoms with van der Waals surface area (Å²) in [5, 5.41) is 27.7. The van der Waals surface area contributed by atoms with E-state index in [2.05, 4.69) is 0 Å². The van der Waals surface area contributed by atoms with Gasteiger partial charge in [-0.25, -0.2) is 0 Å². The number of carboxylic acid groups (broad SMARTS) is 1. The zero-order chi connectivity index (χ0) is 12.5. The highest BCUT2D eigenvalue weighted by Crippen LogP contribution is 2.34. The Morgan fingerprint density at radius 1 is 1.38 bits per heavy atom. The number of carbonyl (C=O) groups is 1. The van der Waals surface area contributed by atoms with E-state index in [1.54, 1.807) is 19.9 Å². The molecule has 1 aromatic rings. The second-order valence-electron chi connectivity index (χ2n) is 3.82. The molecule has 0 saturated carbocycles. The van der Waals surface area contributed by atoms with Crippen LogP contribution in [0.15, 0.2) is 6.07 Å². The zero-order valence-electron chi connectivity index (χ0n) is 9.19. The molecule has 0 aromatic heterocycles. The first-order valence-electron chi connectivity index (χ1n) is 4.84. The summed E-state index contributed by atoms with van der Waals surface area (Å²) in [6.45, 7) is 3.24. The van der Waals surface area contributed by atoms with E-state index in [0.29, 0.717) is 16.7 Å². The van der Waals surface area contributed by atoms with Gasteiger partial charge in [-0.15, -0.1) is 0 Å². The Kier molecular flexibility index (Phi) is 3.39. The summed E-state index contributed by atoms with van der Waals surface area (Å²) in [6, 6.07) is 0.620. The lowest BCUT2D eigenvalue weighted by molar-refractivity contribution is -0.138. The second kappa shape index (κ2) is 4.40. The highest BCUT2D eigenvalue weighted by Gasteiger charge is 2.17. The van der Waals surface area contributed by atoms with Crippen molar-refractivity contribution in [2.24, 2.45) is 5.73 Å². The Bertz CT molecular complexity index is 428. The van der Waals surface area contributed by atoms with E-state index in [9.17, 15) is 15.0 Å². The number of aryl methyl sites for hydroxylation is 1. The van der Waals surface area contributed by atoms with Crippen molar-refractivity contribution < 1.29 is 20.1 Å². The SMILES string of the molecule is Cc1cc(C[C@H](N)C(=O)O)c(C)c(O)c1O. The molecule has 1 rings (SSSR count). The van der Waals surface area contributed by atoms with Gasteiger partial charge in [0.25, 0.3) is 0 Å². The van der Waals surface area contributed by atoms with E-state index in [1.807, 2.05) is 0 Å². The van der Waals surface area contributed by atoms with Crippen LogP contribution in [-0.4, -0.2) is 27.3 Å². The van der Waals surface area contributed by atoms with Gasteiger partial charge in [-0.2, -0.15) is 0 Å². The highest BCUT2D eigenvalue weighted by atomic mass is 16.4. The minimum Gasteiger partial charge on any atom is -0.504 e. The normalized spacial score (nSPS) is 12.4. The molecular weight excluding hydrogens is 210 g/mol. The first-order valence-corrected chi connectivity index (χ1v) is 4.84. The van der Waals surface area contributed by atoms with Crippen molar-refractivity contribution >= 4 is 5.97 Å². The number of rotatable bonds is 3. The second-order valence-corrected chi connectivity index (χ2v) is 3.82. The van der Waals surface area contributed by atoms with E-state index < -0.39 is 12.0 Å². The van der Waals surface area contributed by atoms with Crippen molar-refractivity contribution in [3.8, 4) is 11.5 Å². The molecule has 1 aromatic carbocycles. The summed E-state index contributed by atoms with van der Waals surface area (Å²) in [5.74, 6) is -1.48. The lowest BCUT2D eigenvalue weighted by Crippen LogP contribution is -2.32. The molecule has 0 aliphatic heterocycles. The number of carboxylic acids is 1. The van der Waals surface area contributed by atoms with Crippen molar-refractivity contribution in [2.75, 3.05) is 0 Å². The molecule has 88 valence electrons. The summed E-state index contributed by atoms with van der Waals surface area (Å²) in [6.07, 6.45) is 0.121. The van der Waals surface area contributed by atoms with E-state index in [1.165, 1.54) is 0 Å². The molecule has 0 aliphatic carbocycles. The number of benzene rings is 1. The summed E-state index contributed by atoms with van der Waals surface area (Å²) in [7, 11) is 0. The minimum absolute atomic E-state index is 0.121. The van der Waals surface area contributed by atoms with Gasteiger partial charge in [0.05, 0.1) is 0 Å². The summed E-state index contributed by atoms with van der Waals surface area (Å²) >= 11 is 0. The van der Waals surface area contributed by atoms with Crippen molar-refractivity contribution in [1.29, 1.82) is 0 Å². The van der Waals surface area contributed by atoms with Gasteiger partial charge in [-0.1, -0.05) is 6.07 Å². The Morgan fingerprint density at radius 3 is 2.44 bits per heavy atom. The smallest absolute Gasteiger partial charge is 0.320 e. The predicted molar refractivity (Wildman–Crippen MR) is 58.6 cm³/mol. The van der Waals surface area contributed by atoms with Crippen LogP contribution in [0.4, 0.5) is 0 Å². The molecule has 5 N–H and O–H groups in total. The van der Waals surface area contributed by atoms with E-state index in [-0.39, 0.29) is 17.9 Å². The van der Waals surface area contributed by atoms with Gasteiger partial charge < -0.3 is 21.1 Å². The van der Waals surface area contributed by atoms with Crippen molar-refractivity contribution in [1.82, 2.24) is 0 Å². The lowest BCUT2D eigenvalue weighted by atomic mass is 9.97. The number of nitrogens with two attached hydrogens (primary N) is 1. The van der Waals surface area contributed by atoms with Gasteiger partial charge in [-0.05, 0) is 37.0 Å². The summed E-state index contributed by atoms with van der Waals surface area (Å²) in [4.78, 5) is 10.6. The quantitative estimate of drug-likeness (QED) is 0.566. The van der Waals surface area contributed by atoms with Crippen LogP contribution in [0.5, 0.6) is 11.5 Å². The fraction of sp³-hybridized carbons (Fsp3) is 0.364. The molecule has 5 nitrogen and oxygen atoms in total. The third kappa shape index (κ3) is 2.25. The molecule has 0 spiro atoms. The molecule has 5 heteroatoms. The monoisotopic (exact) mass is 225 g/mol. The van der Waals surface area contributed by atoms with Crippen LogP contribution in [0.25, 0.3) is 0 Å². The number of phenolic OH excluding ortho intramolecular Hbond substituents is 2. The van der Waals surface area contributed by atoms with Crippen LogP contribution < -0.4 is 5.73 Å². The summed E-state index contributed by atoms with van der Waals surface area (Å²) < 4.78 is 0. The van der Waals surface area contributed by atoms with Gasteiger partial charge in [0.15, 0.2) is 11.5 Å². The molecule has 0 saturated heterocycles. The van der Waals surface area contributed by atoms with E-state index in [0.717, 1.165) is 0 Å². The third-order valence-electron chi connectivity index (χ3n) is 2.58. The molecule has 0 heterocycles. The molecule has 0 aliphatic rings. The Morgan fingerprint density at radius 2 is 1.94 bits per heavy atom. The topological polar surface area (TPSA) is 104 Å². The Hall–Kier alpha value is -1.75. The predicted octanol–water partition coefficient (Wildman–Crippen LogP) is 0.669. The van der Waals surface area contributed by atoms with E-state index >= 15 is 0 Å². The fourth-order valence-electron chi connectivity index (χ4n) is 1.49. The third-order valence-corrected chi connectivity index (χ3v) is 2.58. The van der Waals surface area contributed by atoms with Crippen LogP contribution in [-0.2, 0) is 11.2 Å². The highest BCUT2D eigenvalue weighted by molar-refractivity contribution is 5.73. The zero-order valence-corrected chi connectivity index (χ0v) is 9.19. The first-order chi connectivity index (χ1) is 7.34. The maximum atomic E-state index is 10.6. The van der Waals surface area contributed by atoms with Crippen LogP contribution in [0.1, 0.15) is 16.7 Å². The molecule has 0 bridgehead atoms. The maximum Gasteiger partial charge on any atom is 0.320 e. The number of phenols is 2. The van der Waals surface area contributed by atoms with E-state index in [4.69, 9.17) is 10.8 Å². The molecule has 0 radical (unpaired) electrons. The number of aliphatic carboxylic acids is 1. The molecule has 16 heavy (non-hydrogen) atoms. The van der Waals surface area contributed by atoms with Crippen molar-refractivity contribution in [3.05, 3.63) is 22.8 Å². The molecule has 1 atom stereocenters. The molecule has 0 unspecified atom stereocenters. The number of hydrogen-bond acceptors (Lipinski definition) is 4. The average molecular weight is 225 g/mol. The van der Waals surface area contributed by atoms with Gasteiger partial charge in [-0.3, -0.25) is 4.79 Å². The largest absolute Gasteiger partial charge is 0.504 e. The Labute approximate surface area is 93.1 Å². The lowest BCUT2D eigenvalue weighted by Gasteiger charge is -2.13. The van der Waals surface area contributed by atoms with Crippen LogP contribution in [0, 0.1) is 13.8 Å². The standard InChI is InChI=1S/C11H15NO4/c1-5-3-7(4-8(12)11(15)16)6(2)10(14)9(5)13/h3,8,13-14H,4,12H2,1-2H3,(H,15,16)/t8-/m0/s1. The first kappa shape index (κ1) is 12.3. The van der Waals surface area contributed by atoms with Crippen molar-refractivity contribution in [2.45, 2.75) is 26.3 Å². The fourth-order valence-corrected chi connectivity index (χ4v) is 1.49. The maximum absolute atomic E-state index is 10.6. The molecule has 0 fully saturated rings. The van der Waals surface area contributed by atoms with Gasteiger partial charge in [0, 0.05) is 0 Å². The summed E-state index contributed by atoms with van der Waals surface area (Å²) in [5.41, 5.74) is 6.99. The molecular formula is C11H15NO4. The van der Waals surface area contributed by atoms with Crippen LogP contribution in [0.3, 0.4) is 0 Å². The Balaban J connectivity index is 3.11. The van der Waals surface area contributed by atoms with Crippen molar-refractivity contribution in [3.63, 3.8) is 0 Å². The average Bonchev–Trinajstić information content (AvgIpc) is 2.22. The van der Waals surface area contributed by atoms with Gasteiger partial charge in [0.1, 0.15) is 6.04 Å². The van der Waals surface area contributed by atoms with Crippen LogP contribution in [0.2, 0.25) is 0 Å². The molecule has 0 amide bonds. The van der Waals surface area contributed by atoms with Crippen LogP contribution >= 0.6 is 0 Å².